The summed E-state index contributed by atoms with van der Waals surface area (Å²) < 4.78 is 5.14. The number of nitrogens with one attached hydrogen (secondary N) is 1. The third-order valence-corrected chi connectivity index (χ3v) is 3.04. The molecule has 0 aliphatic carbocycles. The number of hydrogen-bond acceptors (Lipinski definition) is 4. The fourth-order valence-corrected chi connectivity index (χ4v) is 1.90. The van der Waals surface area contributed by atoms with Crippen LogP contribution in [0, 0.1) is 0 Å². The predicted octanol–water partition coefficient (Wildman–Crippen LogP) is 2.58. The van der Waals surface area contributed by atoms with E-state index in [4.69, 9.17) is 4.74 Å². The molecule has 0 atom stereocenters. The number of rotatable bonds is 7. The molecule has 2 aromatic rings. The lowest BCUT2D eigenvalue weighted by molar-refractivity contribution is 0.414. The maximum atomic E-state index is 5.14. The van der Waals surface area contributed by atoms with E-state index in [0.717, 1.165) is 43.1 Å². The van der Waals surface area contributed by atoms with E-state index < -0.39 is 0 Å². The Bertz CT molecular complexity index is 508. The summed E-state index contributed by atoms with van der Waals surface area (Å²) in [7, 11) is 1.67. The highest BCUT2D eigenvalue weighted by Gasteiger charge is 2.01. The average molecular weight is 271 g/mol. The third-order valence-electron chi connectivity index (χ3n) is 3.04. The van der Waals surface area contributed by atoms with Crippen LogP contribution in [-0.4, -0.2) is 23.6 Å². The maximum absolute atomic E-state index is 5.14. The molecule has 0 saturated carbocycles. The summed E-state index contributed by atoms with van der Waals surface area (Å²) in [6.07, 6.45) is 5.67. The van der Waals surface area contributed by atoms with E-state index in [1.165, 1.54) is 5.56 Å². The molecule has 0 aliphatic heterocycles. The first kappa shape index (κ1) is 14.5. The molecule has 0 radical (unpaired) electrons. The molecule has 0 aliphatic rings. The Morgan fingerprint density at radius 3 is 2.35 bits per heavy atom. The normalized spacial score (nSPS) is 10.5. The third kappa shape index (κ3) is 4.31. The van der Waals surface area contributed by atoms with Gasteiger partial charge in [0, 0.05) is 30.9 Å². The van der Waals surface area contributed by atoms with Gasteiger partial charge in [-0.25, -0.2) is 9.97 Å². The van der Waals surface area contributed by atoms with Gasteiger partial charge in [0.05, 0.1) is 7.11 Å². The minimum Gasteiger partial charge on any atom is -0.497 e. The molecule has 2 rings (SSSR count). The highest BCUT2D eigenvalue weighted by atomic mass is 16.5. The van der Waals surface area contributed by atoms with Crippen molar-refractivity contribution in [2.45, 2.75) is 26.3 Å². The molecule has 20 heavy (non-hydrogen) atoms. The summed E-state index contributed by atoms with van der Waals surface area (Å²) in [4.78, 5) is 8.83. The fourth-order valence-electron chi connectivity index (χ4n) is 1.90. The lowest BCUT2D eigenvalue weighted by atomic mass is 10.1. The van der Waals surface area contributed by atoms with Crippen LogP contribution in [0.25, 0.3) is 0 Å². The fraction of sp³-hybridized carbons (Fsp3) is 0.375. The second kappa shape index (κ2) is 7.60. The van der Waals surface area contributed by atoms with Crippen molar-refractivity contribution in [3.8, 4) is 5.75 Å². The van der Waals surface area contributed by atoms with E-state index >= 15 is 0 Å². The maximum Gasteiger partial charge on any atom is 0.132 e. The van der Waals surface area contributed by atoms with E-state index in [2.05, 4.69) is 22.2 Å². The summed E-state index contributed by atoms with van der Waals surface area (Å²) in [6, 6.07) is 7.99. The van der Waals surface area contributed by atoms with Crippen LogP contribution in [0.2, 0.25) is 0 Å². The highest BCUT2D eigenvalue weighted by Crippen LogP contribution is 2.13. The number of hydrogen-bond donors (Lipinski definition) is 1. The van der Waals surface area contributed by atoms with Crippen LogP contribution < -0.4 is 10.1 Å². The zero-order valence-electron chi connectivity index (χ0n) is 12.1. The van der Waals surface area contributed by atoms with Gasteiger partial charge in [-0.3, -0.25) is 0 Å². The Balaban J connectivity index is 1.92. The van der Waals surface area contributed by atoms with Gasteiger partial charge in [0.2, 0.25) is 0 Å². The van der Waals surface area contributed by atoms with Crippen molar-refractivity contribution in [1.82, 2.24) is 15.3 Å². The largest absolute Gasteiger partial charge is 0.497 e. The first-order valence-electron chi connectivity index (χ1n) is 6.95. The van der Waals surface area contributed by atoms with Crippen molar-refractivity contribution >= 4 is 0 Å². The van der Waals surface area contributed by atoms with Crippen LogP contribution in [0.1, 0.15) is 30.3 Å². The quantitative estimate of drug-likeness (QED) is 0.786. The van der Waals surface area contributed by atoms with Gasteiger partial charge >= 0.3 is 0 Å². The Hall–Kier alpha value is -1.94. The van der Waals surface area contributed by atoms with Gasteiger partial charge in [-0.1, -0.05) is 19.1 Å². The van der Waals surface area contributed by atoms with Crippen molar-refractivity contribution in [1.29, 1.82) is 0 Å². The lowest BCUT2D eigenvalue weighted by Gasteiger charge is -2.05. The molecule has 0 saturated heterocycles. The number of methoxy groups -OCH3 is 1. The van der Waals surface area contributed by atoms with E-state index in [-0.39, 0.29) is 0 Å². The molecule has 1 aromatic carbocycles. The highest BCUT2D eigenvalue weighted by molar-refractivity contribution is 5.28. The van der Waals surface area contributed by atoms with Gasteiger partial charge < -0.3 is 10.1 Å². The van der Waals surface area contributed by atoms with Gasteiger partial charge in [0.15, 0.2) is 0 Å². The first-order valence-corrected chi connectivity index (χ1v) is 6.95. The van der Waals surface area contributed by atoms with Crippen LogP contribution >= 0.6 is 0 Å². The second-order valence-electron chi connectivity index (χ2n) is 4.71. The number of nitrogens with zero attached hydrogens (tertiary/aromatic N) is 2. The first-order chi connectivity index (χ1) is 9.81. The standard InChI is InChI=1S/C16H21N3O/c1-3-8-17-10-14-11-18-16(19-12-14)9-13-4-6-15(20-2)7-5-13/h4-7,11-12,17H,3,8-10H2,1-2H3. The molecule has 1 N–H and O–H groups in total. The van der Waals surface area contributed by atoms with Crippen LogP contribution in [0.5, 0.6) is 5.75 Å². The molecule has 4 nitrogen and oxygen atoms in total. The molecular weight excluding hydrogens is 250 g/mol. The number of aromatic nitrogens is 2. The number of benzene rings is 1. The molecule has 0 fully saturated rings. The van der Waals surface area contributed by atoms with Crippen molar-refractivity contribution in [2.75, 3.05) is 13.7 Å². The molecule has 0 bridgehead atoms. The van der Waals surface area contributed by atoms with Gasteiger partial charge in [-0.15, -0.1) is 0 Å². The van der Waals surface area contributed by atoms with Gasteiger partial charge in [0.25, 0.3) is 0 Å². The van der Waals surface area contributed by atoms with Crippen LogP contribution in [0.3, 0.4) is 0 Å². The molecule has 1 heterocycles. The van der Waals surface area contributed by atoms with Crippen molar-refractivity contribution in [3.63, 3.8) is 0 Å². The minimum atomic E-state index is 0.743. The molecule has 4 heteroatoms. The van der Waals surface area contributed by atoms with E-state index in [9.17, 15) is 0 Å². The molecular formula is C16H21N3O. The molecule has 106 valence electrons. The van der Waals surface area contributed by atoms with Crippen LogP contribution in [0.15, 0.2) is 36.7 Å². The Kier molecular flexibility index (Phi) is 5.50. The Labute approximate surface area is 120 Å². The van der Waals surface area contributed by atoms with Crippen LogP contribution in [0.4, 0.5) is 0 Å². The zero-order valence-corrected chi connectivity index (χ0v) is 12.1. The van der Waals surface area contributed by atoms with Gasteiger partial charge in [-0.05, 0) is 30.7 Å². The molecule has 1 aromatic heterocycles. The Morgan fingerprint density at radius 2 is 1.75 bits per heavy atom. The lowest BCUT2D eigenvalue weighted by Crippen LogP contribution is -2.14. The topological polar surface area (TPSA) is 47.0 Å². The predicted molar refractivity (Wildman–Crippen MR) is 79.8 cm³/mol. The van der Waals surface area contributed by atoms with Crippen molar-refractivity contribution in [2.24, 2.45) is 0 Å². The van der Waals surface area contributed by atoms with Gasteiger partial charge in [0.1, 0.15) is 11.6 Å². The monoisotopic (exact) mass is 271 g/mol. The van der Waals surface area contributed by atoms with E-state index in [1.807, 2.05) is 36.7 Å². The minimum absolute atomic E-state index is 0.743. The Morgan fingerprint density at radius 1 is 1.05 bits per heavy atom. The summed E-state index contributed by atoms with van der Waals surface area (Å²) in [5.41, 5.74) is 2.31. The van der Waals surface area contributed by atoms with Crippen molar-refractivity contribution in [3.05, 3.63) is 53.6 Å². The summed E-state index contributed by atoms with van der Waals surface area (Å²) in [5, 5.41) is 3.34. The summed E-state index contributed by atoms with van der Waals surface area (Å²) in [5.74, 6) is 1.71. The summed E-state index contributed by atoms with van der Waals surface area (Å²) in [6.45, 7) is 4.01. The van der Waals surface area contributed by atoms with E-state index in [0.29, 0.717) is 0 Å². The van der Waals surface area contributed by atoms with Crippen LogP contribution in [-0.2, 0) is 13.0 Å². The molecule has 0 amide bonds. The molecule has 0 unspecified atom stereocenters. The van der Waals surface area contributed by atoms with Gasteiger partial charge in [-0.2, -0.15) is 0 Å². The zero-order chi connectivity index (χ0) is 14.2. The average Bonchev–Trinajstić information content (AvgIpc) is 2.50. The summed E-state index contributed by atoms with van der Waals surface area (Å²) >= 11 is 0. The number of ether oxygens (including phenoxy) is 1. The molecule has 0 spiro atoms. The second-order valence-corrected chi connectivity index (χ2v) is 4.71. The SMILES string of the molecule is CCCNCc1cnc(Cc2ccc(OC)cc2)nc1. The van der Waals surface area contributed by atoms with Crippen molar-refractivity contribution < 1.29 is 4.74 Å². The van der Waals surface area contributed by atoms with E-state index in [1.54, 1.807) is 7.11 Å². The smallest absolute Gasteiger partial charge is 0.132 e.